The molecule has 0 amide bonds. The molecule has 0 saturated heterocycles. The normalized spacial score (nSPS) is 12.1. The molecule has 0 fully saturated rings. The second kappa shape index (κ2) is 12.7. The van der Waals surface area contributed by atoms with Crippen molar-refractivity contribution in [3.63, 3.8) is 0 Å². The van der Waals surface area contributed by atoms with Crippen molar-refractivity contribution in [2.75, 3.05) is 6.61 Å². The molecule has 0 spiro atoms. The van der Waals surface area contributed by atoms with E-state index >= 15 is 0 Å². The lowest BCUT2D eigenvalue weighted by Gasteiger charge is -2.16. The summed E-state index contributed by atoms with van der Waals surface area (Å²) in [4.78, 5) is 29.0. The molecule has 1 aromatic heterocycles. The molecule has 3 aromatic carbocycles. The van der Waals surface area contributed by atoms with Gasteiger partial charge in [-0.15, -0.1) is 0 Å². The number of carbonyl (C=O) groups is 2. The molecule has 0 bridgehead atoms. The van der Waals surface area contributed by atoms with Crippen molar-refractivity contribution >= 4 is 11.8 Å². The molecule has 39 heavy (non-hydrogen) atoms. The van der Waals surface area contributed by atoms with Gasteiger partial charge in [0.2, 0.25) is 5.89 Å². The van der Waals surface area contributed by atoms with Crippen molar-refractivity contribution in [1.82, 2.24) is 10.3 Å². The van der Waals surface area contributed by atoms with Crippen LogP contribution in [-0.2, 0) is 17.6 Å². The smallest absolute Gasteiger partial charge is 0.326 e. The summed E-state index contributed by atoms with van der Waals surface area (Å²) >= 11 is 0. The number of aromatic nitrogens is 1. The molecule has 4 rings (SSSR count). The van der Waals surface area contributed by atoms with Gasteiger partial charge in [-0.2, -0.15) is 0 Å². The molecule has 4 aromatic rings. The number of hydrogen-bond donors (Lipinski definition) is 2. The van der Waals surface area contributed by atoms with Crippen LogP contribution in [0.2, 0.25) is 0 Å². The third-order valence-corrected chi connectivity index (χ3v) is 6.27. The molecule has 0 aliphatic heterocycles. The third kappa shape index (κ3) is 7.68. The van der Waals surface area contributed by atoms with E-state index in [4.69, 9.17) is 9.15 Å². The maximum atomic E-state index is 12.5. The van der Waals surface area contributed by atoms with Crippen molar-refractivity contribution in [1.29, 1.82) is 0 Å². The van der Waals surface area contributed by atoms with E-state index in [2.05, 4.69) is 10.3 Å². The second-order valence-corrected chi connectivity index (χ2v) is 9.43. The van der Waals surface area contributed by atoms with Gasteiger partial charge in [-0.1, -0.05) is 60.2 Å². The van der Waals surface area contributed by atoms with Crippen molar-refractivity contribution in [3.8, 4) is 17.2 Å². The minimum absolute atomic E-state index is 0.178. The summed E-state index contributed by atoms with van der Waals surface area (Å²) in [7, 11) is 0. The van der Waals surface area contributed by atoms with Crippen LogP contribution in [0.3, 0.4) is 0 Å². The fraction of sp³-hybridized carbons (Fsp3) is 0.219. The van der Waals surface area contributed by atoms with Crippen LogP contribution in [0, 0.1) is 13.8 Å². The van der Waals surface area contributed by atoms with Crippen molar-refractivity contribution in [2.45, 2.75) is 39.7 Å². The molecule has 0 aliphatic rings. The SMILES string of the molecule is CC(=CC(=O)c1ccc(C)cc1)N[C@@H](Cc1ccc(OCCc2nc(-c3ccccc3)oc2C)cc1)C(=O)O. The molecule has 0 unspecified atom stereocenters. The summed E-state index contributed by atoms with van der Waals surface area (Å²) in [5.41, 5.74) is 4.73. The quantitative estimate of drug-likeness (QED) is 0.174. The molecule has 2 N–H and O–H groups in total. The Morgan fingerprint density at radius 2 is 1.69 bits per heavy atom. The van der Waals surface area contributed by atoms with Crippen molar-refractivity contribution in [3.05, 3.63) is 119 Å². The predicted octanol–water partition coefficient (Wildman–Crippen LogP) is 5.95. The number of nitrogens with zero attached hydrogens (tertiary/aromatic N) is 1. The van der Waals surface area contributed by atoms with Gasteiger partial charge >= 0.3 is 5.97 Å². The first kappa shape index (κ1) is 27.4. The number of rotatable bonds is 12. The van der Waals surface area contributed by atoms with Crippen molar-refractivity contribution < 1.29 is 23.8 Å². The predicted molar refractivity (Wildman–Crippen MR) is 150 cm³/mol. The number of carboxylic acids is 1. The highest BCUT2D eigenvalue weighted by Gasteiger charge is 2.18. The highest BCUT2D eigenvalue weighted by Crippen LogP contribution is 2.22. The zero-order valence-electron chi connectivity index (χ0n) is 22.3. The number of benzene rings is 3. The monoisotopic (exact) mass is 524 g/mol. The van der Waals surface area contributed by atoms with Gasteiger partial charge < -0.3 is 19.6 Å². The largest absolute Gasteiger partial charge is 0.493 e. The lowest BCUT2D eigenvalue weighted by Crippen LogP contribution is -2.37. The minimum atomic E-state index is -0.997. The van der Waals surface area contributed by atoms with E-state index < -0.39 is 12.0 Å². The first-order chi connectivity index (χ1) is 18.8. The Morgan fingerprint density at radius 1 is 1.00 bits per heavy atom. The Bertz CT molecular complexity index is 1440. The molecule has 0 radical (unpaired) electrons. The van der Waals surface area contributed by atoms with Gasteiger partial charge in [-0.05, 0) is 50.6 Å². The molecular weight excluding hydrogens is 492 g/mol. The van der Waals surface area contributed by atoms with Gasteiger partial charge in [-0.3, -0.25) is 4.79 Å². The Hall–Kier alpha value is -4.65. The molecular formula is C32H32N2O5. The minimum Gasteiger partial charge on any atom is -0.493 e. The Kier molecular flexibility index (Phi) is 8.94. The number of aliphatic carboxylic acids is 1. The van der Waals surface area contributed by atoms with E-state index in [1.165, 1.54) is 6.08 Å². The molecule has 7 heteroatoms. The van der Waals surface area contributed by atoms with E-state index in [0.29, 0.717) is 35.9 Å². The number of ether oxygens (including phenoxy) is 1. The fourth-order valence-electron chi connectivity index (χ4n) is 4.10. The average molecular weight is 525 g/mol. The zero-order valence-corrected chi connectivity index (χ0v) is 22.3. The standard InChI is InChI=1S/C32H32N2O5/c1-21-9-13-25(14-10-21)30(35)19-22(2)33-29(32(36)37)20-24-11-15-27(16-12-24)38-18-17-28-23(3)39-31(34-28)26-7-5-4-6-8-26/h4-16,19,29,33H,17-18,20H2,1-3H3,(H,36,37)/t29-/m0/s1. The summed E-state index contributed by atoms with van der Waals surface area (Å²) in [5.74, 6) is 0.873. The van der Waals surface area contributed by atoms with E-state index in [1.54, 1.807) is 19.1 Å². The number of aryl methyl sites for hydroxylation is 2. The first-order valence-electron chi connectivity index (χ1n) is 12.8. The number of ketones is 1. The Morgan fingerprint density at radius 3 is 2.36 bits per heavy atom. The summed E-state index contributed by atoms with van der Waals surface area (Å²) in [5, 5.41) is 12.7. The average Bonchev–Trinajstić information content (AvgIpc) is 3.30. The van der Waals surface area contributed by atoms with Crippen LogP contribution in [0.1, 0.15) is 39.9 Å². The van der Waals surface area contributed by atoms with Gasteiger partial charge in [-0.25, -0.2) is 9.78 Å². The highest BCUT2D eigenvalue weighted by molar-refractivity contribution is 6.04. The van der Waals surface area contributed by atoms with E-state index in [-0.39, 0.29) is 12.2 Å². The van der Waals surface area contributed by atoms with Crippen LogP contribution in [0.5, 0.6) is 5.75 Å². The van der Waals surface area contributed by atoms with Gasteiger partial charge in [0.25, 0.3) is 0 Å². The zero-order chi connectivity index (χ0) is 27.8. The van der Waals surface area contributed by atoms with Crippen LogP contribution >= 0.6 is 0 Å². The molecule has 0 saturated carbocycles. The second-order valence-electron chi connectivity index (χ2n) is 9.43. The van der Waals surface area contributed by atoms with Gasteiger partial charge in [0.05, 0.1) is 12.3 Å². The number of nitrogens with one attached hydrogen (secondary N) is 1. The van der Waals surface area contributed by atoms with Crippen LogP contribution in [0.25, 0.3) is 11.5 Å². The maximum Gasteiger partial charge on any atom is 0.326 e. The van der Waals surface area contributed by atoms with Crippen molar-refractivity contribution in [2.24, 2.45) is 0 Å². The molecule has 1 heterocycles. The number of allylic oxidation sites excluding steroid dienone is 2. The molecule has 200 valence electrons. The van der Waals surface area contributed by atoms with Crippen LogP contribution in [0.15, 0.2) is 95.1 Å². The lowest BCUT2D eigenvalue weighted by atomic mass is 10.0. The first-order valence-corrected chi connectivity index (χ1v) is 12.8. The summed E-state index contributed by atoms with van der Waals surface area (Å²) in [6, 6.07) is 23.5. The van der Waals surface area contributed by atoms with Crippen LogP contribution < -0.4 is 10.1 Å². The molecule has 7 nitrogen and oxygen atoms in total. The highest BCUT2D eigenvalue weighted by atomic mass is 16.5. The van der Waals surface area contributed by atoms with E-state index in [0.717, 1.165) is 28.1 Å². The lowest BCUT2D eigenvalue weighted by molar-refractivity contribution is -0.139. The van der Waals surface area contributed by atoms with E-state index in [9.17, 15) is 14.7 Å². The number of oxazole rings is 1. The van der Waals surface area contributed by atoms with E-state index in [1.807, 2.05) is 80.6 Å². The maximum absolute atomic E-state index is 12.5. The Balaban J connectivity index is 1.30. The summed E-state index contributed by atoms with van der Waals surface area (Å²) in [6.45, 7) is 5.97. The van der Waals surface area contributed by atoms with Gasteiger partial charge in [0, 0.05) is 35.7 Å². The number of hydrogen-bond acceptors (Lipinski definition) is 6. The molecule has 1 atom stereocenters. The van der Waals surface area contributed by atoms with Gasteiger partial charge in [0.15, 0.2) is 5.78 Å². The summed E-state index contributed by atoms with van der Waals surface area (Å²) in [6.07, 6.45) is 2.28. The van der Waals surface area contributed by atoms with Gasteiger partial charge in [0.1, 0.15) is 17.6 Å². The third-order valence-electron chi connectivity index (χ3n) is 6.27. The molecule has 0 aliphatic carbocycles. The summed E-state index contributed by atoms with van der Waals surface area (Å²) < 4.78 is 11.7. The van der Waals surface area contributed by atoms with Crippen LogP contribution in [0.4, 0.5) is 0 Å². The number of carboxylic acid groups (broad SMARTS) is 1. The Labute approximate surface area is 228 Å². The van der Waals surface area contributed by atoms with Crippen LogP contribution in [-0.4, -0.2) is 34.5 Å². The topological polar surface area (TPSA) is 102 Å². The number of carbonyl (C=O) groups excluding carboxylic acids is 1. The fourth-order valence-corrected chi connectivity index (χ4v) is 4.10.